The first-order chi connectivity index (χ1) is 15.1. The minimum Gasteiger partial charge on any atom is -0.354 e. The van der Waals surface area contributed by atoms with Crippen molar-refractivity contribution in [1.82, 2.24) is 9.88 Å². The van der Waals surface area contributed by atoms with Crippen molar-refractivity contribution in [3.05, 3.63) is 58.7 Å². The van der Waals surface area contributed by atoms with E-state index in [0.29, 0.717) is 37.5 Å². The number of ketones is 1. The van der Waals surface area contributed by atoms with Gasteiger partial charge in [-0.2, -0.15) is 0 Å². The normalized spacial score (nSPS) is 17.7. The van der Waals surface area contributed by atoms with Gasteiger partial charge in [0.2, 0.25) is 5.91 Å². The van der Waals surface area contributed by atoms with E-state index in [1.807, 2.05) is 56.4 Å². The zero-order valence-corrected chi connectivity index (χ0v) is 20.9. The van der Waals surface area contributed by atoms with Gasteiger partial charge in [-0.15, -0.1) is 0 Å². The average Bonchev–Trinajstić information content (AvgIpc) is 3.19. The zero-order valence-electron chi connectivity index (χ0n) is 20.2. The van der Waals surface area contributed by atoms with Crippen molar-refractivity contribution in [3.63, 3.8) is 0 Å². The second-order valence-corrected chi connectivity index (χ2v) is 9.58. The number of benzene rings is 1. The Morgan fingerprint density at radius 1 is 1.16 bits per heavy atom. The lowest BCUT2D eigenvalue weighted by Gasteiger charge is -2.39. The number of rotatable bonds is 6. The SMILES string of the molecule is CC(C)C.CCC(=O)N(Cc1ccc(Cl)cc1)[C@@]1(C(C)=O)CCN(c2ccc(C)cn2)C1. The number of carbonyl (C=O) groups excluding carboxylic acids is 2. The zero-order chi connectivity index (χ0) is 23.9. The molecule has 0 unspecified atom stereocenters. The van der Waals surface area contributed by atoms with Gasteiger partial charge < -0.3 is 9.80 Å². The Hall–Kier alpha value is -2.40. The molecule has 0 saturated carbocycles. The lowest BCUT2D eigenvalue weighted by molar-refractivity contribution is -0.145. The highest BCUT2D eigenvalue weighted by molar-refractivity contribution is 6.30. The summed E-state index contributed by atoms with van der Waals surface area (Å²) in [5.74, 6) is 1.66. The number of carbonyl (C=O) groups is 2. The summed E-state index contributed by atoms with van der Waals surface area (Å²) in [5.41, 5.74) is 1.20. The molecule has 3 rings (SSSR count). The quantitative estimate of drug-likeness (QED) is 0.559. The van der Waals surface area contributed by atoms with Gasteiger partial charge in [-0.25, -0.2) is 4.98 Å². The molecule has 1 aliphatic rings. The van der Waals surface area contributed by atoms with Gasteiger partial charge in [0.05, 0.1) is 0 Å². The number of aromatic nitrogens is 1. The Labute approximate surface area is 197 Å². The molecule has 1 atom stereocenters. The predicted molar refractivity (Wildman–Crippen MR) is 132 cm³/mol. The first-order valence-electron chi connectivity index (χ1n) is 11.3. The molecule has 2 heterocycles. The fraction of sp³-hybridized carbons (Fsp3) is 0.500. The van der Waals surface area contributed by atoms with Gasteiger partial charge in [-0.3, -0.25) is 9.59 Å². The molecule has 6 heteroatoms. The summed E-state index contributed by atoms with van der Waals surface area (Å²) in [6.45, 7) is 13.4. The van der Waals surface area contributed by atoms with Crippen LogP contribution in [0.1, 0.15) is 58.6 Å². The van der Waals surface area contributed by atoms with Gasteiger partial charge >= 0.3 is 0 Å². The molecule has 1 aliphatic heterocycles. The molecule has 1 amide bonds. The van der Waals surface area contributed by atoms with Crippen LogP contribution in [-0.2, 0) is 16.1 Å². The van der Waals surface area contributed by atoms with E-state index in [1.165, 1.54) is 0 Å². The predicted octanol–water partition coefficient (Wildman–Crippen LogP) is 5.68. The minimum absolute atomic E-state index is 0.0119. The number of hydrogen-bond donors (Lipinski definition) is 0. The number of aryl methyl sites for hydroxylation is 1. The molecule has 5 nitrogen and oxygen atoms in total. The molecule has 1 aromatic carbocycles. The Morgan fingerprint density at radius 2 is 1.78 bits per heavy atom. The van der Waals surface area contributed by atoms with Gasteiger partial charge in [-0.05, 0) is 55.5 Å². The van der Waals surface area contributed by atoms with Crippen LogP contribution in [0.15, 0.2) is 42.6 Å². The summed E-state index contributed by atoms with van der Waals surface area (Å²) >= 11 is 5.99. The number of hydrogen-bond acceptors (Lipinski definition) is 4. The Balaban J connectivity index is 0.000000837. The lowest BCUT2D eigenvalue weighted by Crippen LogP contribution is -2.57. The smallest absolute Gasteiger partial charge is 0.223 e. The van der Waals surface area contributed by atoms with Crippen molar-refractivity contribution in [3.8, 4) is 0 Å². The lowest BCUT2D eigenvalue weighted by atomic mass is 9.90. The Kier molecular flexibility index (Phi) is 9.26. The summed E-state index contributed by atoms with van der Waals surface area (Å²) in [6, 6.07) is 11.4. The highest BCUT2D eigenvalue weighted by Gasteiger charge is 2.49. The van der Waals surface area contributed by atoms with E-state index in [0.717, 1.165) is 22.9 Å². The second-order valence-electron chi connectivity index (χ2n) is 9.15. The van der Waals surface area contributed by atoms with Gasteiger partial charge in [0.15, 0.2) is 5.78 Å². The molecule has 0 radical (unpaired) electrons. The molecule has 0 aliphatic carbocycles. The van der Waals surface area contributed by atoms with Gasteiger partial charge in [0.1, 0.15) is 11.4 Å². The van der Waals surface area contributed by atoms with Crippen LogP contribution in [0.4, 0.5) is 5.82 Å². The number of amides is 1. The van der Waals surface area contributed by atoms with E-state index in [1.54, 1.807) is 11.8 Å². The third-order valence-corrected chi connectivity index (χ3v) is 5.75. The molecule has 174 valence electrons. The molecule has 1 fully saturated rings. The summed E-state index contributed by atoms with van der Waals surface area (Å²) in [7, 11) is 0. The van der Waals surface area contributed by atoms with Crippen LogP contribution >= 0.6 is 11.6 Å². The van der Waals surface area contributed by atoms with Crippen LogP contribution in [0.5, 0.6) is 0 Å². The third-order valence-electron chi connectivity index (χ3n) is 5.50. The van der Waals surface area contributed by atoms with Crippen molar-refractivity contribution in [2.45, 2.75) is 66.5 Å². The third kappa shape index (κ3) is 6.55. The molecule has 1 saturated heterocycles. The van der Waals surface area contributed by atoms with Crippen molar-refractivity contribution in [1.29, 1.82) is 0 Å². The standard InChI is InChI=1S/C22H26ClN3O2.C4H10/c1-4-21(28)26(14-18-6-8-19(23)9-7-18)22(17(3)27)11-12-25(15-22)20-10-5-16(2)13-24-20;1-4(2)3/h5-10,13H,4,11-12,14-15H2,1-3H3;4H,1-3H3/t22-;/m0./s1. The monoisotopic (exact) mass is 457 g/mol. The van der Waals surface area contributed by atoms with Crippen LogP contribution in [0.3, 0.4) is 0 Å². The Morgan fingerprint density at radius 3 is 2.28 bits per heavy atom. The maximum atomic E-state index is 12.9. The number of pyridine rings is 1. The van der Waals surface area contributed by atoms with Crippen LogP contribution in [0, 0.1) is 12.8 Å². The highest BCUT2D eigenvalue weighted by Crippen LogP contribution is 2.33. The largest absolute Gasteiger partial charge is 0.354 e. The van der Waals surface area contributed by atoms with E-state index in [-0.39, 0.29) is 11.7 Å². The van der Waals surface area contributed by atoms with Gasteiger partial charge in [0, 0.05) is 37.3 Å². The summed E-state index contributed by atoms with van der Waals surface area (Å²) in [4.78, 5) is 34.1. The van der Waals surface area contributed by atoms with E-state index < -0.39 is 5.54 Å². The minimum atomic E-state index is -0.848. The summed E-state index contributed by atoms with van der Waals surface area (Å²) in [5, 5.41) is 0.649. The van der Waals surface area contributed by atoms with Crippen molar-refractivity contribution in [2.24, 2.45) is 5.92 Å². The highest BCUT2D eigenvalue weighted by atomic mass is 35.5. The van der Waals surface area contributed by atoms with E-state index in [2.05, 4.69) is 30.7 Å². The van der Waals surface area contributed by atoms with E-state index >= 15 is 0 Å². The topological polar surface area (TPSA) is 53.5 Å². The molecule has 1 aromatic heterocycles. The summed E-state index contributed by atoms with van der Waals surface area (Å²) < 4.78 is 0. The van der Waals surface area contributed by atoms with Crippen LogP contribution in [0.25, 0.3) is 0 Å². The molecule has 32 heavy (non-hydrogen) atoms. The first-order valence-corrected chi connectivity index (χ1v) is 11.7. The van der Waals surface area contributed by atoms with Crippen LogP contribution in [0.2, 0.25) is 5.02 Å². The first kappa shape index (κ1) is 25.9. The maximum Gasteiger partial charge on any atom is 0.223 e. The fourth-order valence-electron chi connectivity index (χ4n) is 3.78. The maximum absolute atomic E-state index is 12.9. The molecule has 0 spiro atoms. The van der Waals surface area contributed by atoms with Gasteiger partial charge in [0.25, 0.3) is 0 Å². The van der Waals surface area contributed by atoms with Crippen LogP contribution in [-0.4, -0.2) is 40.2 Å². The molecule has 2 aromatic rings. The van der Waals surface area contributed by atoms with Crippen molar-refractivity contribution in [2.75, 3.05) is 18.0 Å². The molecule has 0 bridgehead atoms. The van der Waals surface area contributed by atoms with Crippen molar-refractivity contribution >= 4 is 29.1 Å². The molecular weight excluding hydrogens is 422 g/mol. The second kappa shape index (κ2) is 11.5. The van der Waals surface area contributed by atoms with Crippen LogP contribution < -0.4 is 4.90 Å². The van der Waals surface area contributed by atoms with Gasteiger partial charge in [-0.1, -0.05) is 57.5 Å². The molecular formula is C26H36ClN3O2. The Bertz CT molecular complexity index is 894. The number of halogens is 1. The fourth-order valence-corrected chi connectivity index (χ4v) is 3.90. The number of anilines is 1. The summed E-state index contributed by atoms with van der Waals surface area (Å²) in [6.07, 6.45) is 2.77. The average molecular weight is 458 g/mol. The van der Waals surface area contributed by atoms with Crippen molar-refractivity contribution < 1.29 is 9.59 Å². The number of Topliss-reactive ketones (excluding diaryl/α,β-unsaturated/α-hetero) is 1. The van der Waals surface area contributed by atoms with E-state index in [9.17, 15) is 9.59 Å². The molecule has 0 N–H and O–H groups in total. The van der Waals surface area contributed by atoms with E-state index in [4.69, 9.17) is 11.6 Å². The number of nitrogens with zero attached hydrogens (tertiary/aromatic N) is 3.